The van der Waals surface area contributed by atoms with Gasteiger partial charge in [-0.15, -0.1) is 0 Å². The van der Waals surface area contributed by atoms with E-state index in [2.05, 4.69) is 28.6 Å². The highest BCUT2D eigenvalue weighted by Gasteiger charge is 2.20. The molecular formula is C15H27N5O. The fraction of sp³-hybridized carbons (Fsp3) is 0.733. The van der Waals surface area contributed by atoms with Crippen LogP contribution < -0.4 is 10.6 Å². The highest BCUT2D eigenvalue weighted by atomic mass is 16.3. The SMILES string of the molecule is Cc1c(N)nc(C(C)C)nc1N1CCCN(CCO)CC1. The molecule has 6 nitrogen and oxygen atoms in total. The minimum atomic E-state index is 0.219. The van der Waals surface area contributed by atoms with Crippen molar-refractivity contribution in [3.8, 4) is 0 Å². The van der Waals surface area contributed by atoms with E-state index in [4.69, 9.17) is 15.8 Å². The number of nitrogens with zero attached hydrogens (tertiary/aromatic N) is 4. The summed E-state index contributed by atoms with van der Waals surface area (Å²) in [6, 6.07) is 0. The van der Waals surface area contributed by atoms with E-state index in [1.807, 2.05) is 6.92 Å². The number of aliphatic hydroxyl groups excluding tert-OH is 1. The van der Waals surface area contributed by atoms with E-state index in [9.17, 15) is 0 Å². The summed E-state index contributed by atoms with van der Waals surface area (Å²) in [6.45, 7) is 11.0. The number of β-amino-alcohol motifs (C(OH)–C–C–N with tert-alkyl or cyclic N) is 1. The number of anilines is 2. The molecule has 1 aliphatic heterocycles. The molecule has 0 radical (unpaired) electrons. The predicted molar refractivity (Wildman–Crippen MR) is 85.6 cm³/mol. The van der Waals surface area contributed by atoms with E-state index in [-0.39, 0.29) is 12.5 Å². The average Bonchev–Trinajstić information content (AvgIpc) is 2.67. The van der Waals surface area contributed by atoms with Crippen LogP contribution in [0.5, 0.6) is 0 Å². The second kappa shape index (κ2) is 7.04. The molecule has 1 aromatic rings. The van der Waals surface area contributed by atoms with Crippen LogP contribution in [0.25, 0.3) is 0 Å². The van der Waals surface area contributed by atoms with Gasteiger partial charge in [0.2, 0.25) is 0 Å². The Hall–Kier alpha value is -1.40. The normalized spacial score (nSPS) is 17.3. The third-order valence-corrected chi connectivity index (χ3v) is 4.00. The van der Waals surface area contributed by atoms with Gasteiger partial charge in [-0.2, -0.15) is 0 Å². The molecule has 1 fully saturated rings. The maximum absolute atomic E-state index is 9.08. The van der Waals surface area contributed by atoms with Crippen molar-refractivity contribution in [3.63, 3.8) is 0 Å². The zero-order valence-electron chi connectivity index (χ0n) is 13.3. The van der Waals surface area contributed by atoms with Gasteiger partial charge in [-0.05, 0) is 19.9 Å². The first-order chi connectivity index (χ1) is 10.0. The van der Waals surface area contributed by atoms with Crippen LogP contribution in [-0.4, -0.2) is 59.3 Å². The van der Waals surface area contributed by atoms with E-state index >= 15 is 0 Å². The van der Waals surface area contributed by atoms with Crippen LogP contribution in [0.3, 0.4) is 0 Å². The molecule has 2 rings (SSSR count). The lowest BCUT2D eigenvalue weighted by Gasteiger charge is -2.25. The predicted octanol–water partition coefficient (Wildman–Crippen LogP) is 0.995. The largest absolute Gasteiger partial charge is 0.395 e. The molecule has 0 bridgehead atoms. The summed E-state index contributed by atoms with van der Waals surface area (Å²) in [6.07, 6.45) is 1.07. The number of hydrogen-bond acceptors (Lipinski definition) is 6. The summed E-state index contributed by atoms with van der Waals surface area (Å²) in [7, 11) is 0. The van der Waals surface area contributed by atoms with Crippen LogP contribution >= 0.6 is 0 Å². The molecule has 1 saturated heterocycles. The van der Waals surface area contributed by atoms with Crippen LogP contribution in [0.2, 0.25) is 0 Å². The summed E-state index contributed by atoms with van der Waals surface area (Å²) in [5.41, 5.74) is 7.03. The molecule has 0 spiro atoms. The highest BCUT2D eigenvalue weighted by Crippen LogP contribution is 2.25. The minimum Gasteiger partial charge on any atom is -0.395 e. The standard InChI is InChI=1S/C15H27N5O/c1-11(2)14-17-13(16)12(3)15(18-14)20-6-4-5-19(7-8-20)9-10-21/h11,21H,4-10H2,1-3H3,(H2,16,17,18). The van der Waals surface area contributed by atoms with Crippen LogP contribution in [0.1, 0.15) is 37.6 Å². The van der Waals surface area contributed by atoms with Gasteiger partial charge in [0.25, 0.3) is 0 Å². The quantitative estimate of drug-likeness (QED) is 0.862. The maximum Gasteiger partial charge on any atom is 0.137 e. The number of nitrogen functional groups attached to an aromatic ring is 1. The third-order valence-electron chi connectivity index (χ3n) is 4.00. The lowest BCUT2D eigenvalue weighted by Crippen LogP contribution is -2.33. The Morgan fingerprint density at radius 3 is 2.62 bits per heavy atom. The van der Waals surface area contributed by atoms with E-state index in [1.54, 1.807) is 0 Å². The molecule has 0 amide bonds. The molecule has 2 heterocycles. The lowest BCUT2D eigenvalue weighted by molar-refractivity contribution is 0.204. The van der Waals surface area contributed by atoms with Gasteiger partial charge < -0.3 is 15.7 Å². The van der Waals surface area contributed by atoms with E-state index in [1.165, 1.54) is 0 Å². The Bertz CT molecular complexity index is 477. The fourth-order valence-corrected chi connectivity index (χ4v) is 2.65. The van der Waals surface area contributed by atoms with Gasteiger partial charge >= 0.3 is 0 Å². The number of rotatable bonds is 4. The molecule has 21 heavy (non-hydrogen) atoms. The molecule has 0 saturated carbocycles. The maximum atomic E-state index is 9.08. The Labute approximate surface area is 127 Å². The first-order valence-corrected chi connectivity index (χ1v) is 7.75. The van der Waals surface area contributed by atoms with Crippen LogP contribution in [-0.2, 0) is 0 Å². The molecule has 0 unspecified atom stereocenters. The summed E-state index contributed by atoms with van der Waals surface area (Å²) in [5, 5.41) is 9.08. The summed E-state index contributed by atoms with van der Waals surface area (Å²) in [5.74, 6) is 2.63. The first kappa shape index (κ1) is 16.0. The molecule has 1 aliphatic rings. The van der Waals surface area contributed by atoms with E-state index in [0.717, 1.165) is 56.4 Å². The van der Waals surface area contributed by atoms with Crippen molar-refractivity contribution >= 4 is 11.6 Å². The number of nitrogens with two attached hydrogens (primary N) is 1. The Morgan fingerprint density at radius 2 is 1.95 bits per heavy atom. The van der Waals surface area contributed by atoms with Crippen molar-refractivity contribution in [1.82, 2.24) is 14.9 Å². The molecule has 0 atom stereocenters. The van der Waals surface area contributed by atoms with E-state index < -0.39 is 0 Å². The van der Waals surface area contributed by atoms with Crippen LogP contribution in [0, 0.1) is 6.92 Å². The Morgan fingerprint density at radius 1 is 1.19 bits per heavy atom. The summed E-state index contributed by atoms with van der Waals surface area (Å²) >= 11 is 0. The average molecular weight is 293 g/mol. The van der Waals surface area contributed by atoms with Crippen molar-refractivity contribution in [1.29, 1.82) is 0 Å². The molecule has 0 aliphatic carbocycles. The van der Waals surface area contributed by atoms with Crippen molar-refractivity contribution in [3.05, 3.63) is 11.4 Å². The Balaban J connectivity index is 2.21. The van der Waals surface area contributed by atoms with E-state index in [0.29, 0.717) is 5.82 Å². The Kier molecular flexibility index (Phi) is 5.36. The number of hydrogen-bond donors (Lipinski definition) is 2. The molecular weight excluding hydrogens is 266 g/mol. The zero-order valence-corrected chi connectivity index (χ0v) is 13.3. The number of aliphatic hydroxyl groups is 1. The minimum absolute atomic E-state index is 0.219. The van der Waals surface area contributed by atoms with Crippen LogP contribution in [0.15, 0.2) is 0 Å². The molecule has 3 N–H and O–H groups in total. The summed E-state index contributed by atoms with van der Waals surface area (Å²) < 4.78 is 0. The fourth-order valence-electron chi connectivity index (χ4n) is 2.65. The van der Waals surface area contributed by atoms with Crippen molar-refractivity contribution in [2.75, 3.05) is 50.0 Å². The second-order valence-electron chi connectivity index (χ2n) is 5.98. The highest BCUT2D eigenvalue weighted by molar-refractivity contribution is 5.56. The number of aromatic nitrogens is 2. The van der Waals surface area contributed by atoms with Gasteiger partial charge in [-0.25, -0.2) is 9.97 Å². The topological polar surface area (TPSA) is 78.5 Å². The van der Waals surface area contributed by atoms with Crippen molar-refractivity contribution in [2.45, 2.75) is 33.1 Å². The van der Waals surface area contributed by atoms with Gasteiger partial charge in [0.15, 0.2) is 0 Å². The zero-order chi connectivity index (χ0) is 15.4. The van der Waals surface area contributed by atoms with Gasteiger partial charge in [0, 0.05) is 37.7 Å². The second-order valence-corrected chi connectivity index (χ2v) is 5.98. The lowest BCUT2D eigenvalue weighted by atomic mass is 10.2. The first-order valence-electron chi connectivity index (χ1n) is 7.75. The summed E-state index contributed by atoms with van der Waals surface area (Å²) in [4.78, 5) is 13.7. The molecule has 0 aromatic carbocycles. The van der Waals surface area contributed by atoms with Gasteiger partial charge in [0.05, 0.1) is 6.61 Å². The smallest absolute Gasteiger partial charge is 0.137 e. The van der Waals surface area contributed by atoms with Gasteiger partial charge in [0.1, 0.15) is 17.5 Å². The molecule has 1 aromatic heterocycles. The molecule has 6 heteroatoms. The molecule has 118 valence electrons. The van der Waals surface area contributed by atoms with Crippen molar-refractivity contribution in [2.24, 2.45) is 0 Å². The van der Waals surface area contributed by atoms with Gasteiger partial charge in [-0.1, -0.05) is 13.8 Å². The van der Waals surface area contributed by atoms with Crippen molar-refractivity contribution < 1.29 is 5.11 Å². The van der Waals surface area contributed by atoms with Gasteiger partial charge in [-0.3, -0.25) is 4.90 Å². The third kappa shape index (κ3) is 3.83. The van der Waals surface area contributed by atoms with Crippen LogP contribution in [0.4, 0.5) is 11.6 Å². The monoisotopic (exact) mass is 293 g/mol.